The van der Waals surface area contributed by atoms with E-state index in [4.69, 9.17) is 9.47 Å². The van der Waals surface area contributed by atoms with Crippen LogP contribution in [0.5, 0.6) is 11.5 Å². The fraction of sp³-hybridized carbons (Fsp3) is 0.136. The Hall–Kier alpha value is -3.87. The number of aryl methyl sites for hydroxylation is 1. The van der Waals surface area contributed by atoms with Crippen molar-refractivity contribution in [3.05, 3.63) is 70.6 Å². The Morgan fingerprint density at radius 3 is 2.45 bits per heavy atom. The van der Waals surface area contributed by atoms with Gasteiger partial charge in [-0.3, -0.25) is 9.78 Å². The van der Waals surface area contributed by atoms with Gasteiger partial charge in [-0.1, -0.05) is 23.8 Å². The van der Waals surface area contributed by atoms with Crippen LogP contribution in [0, 0.1) is 6.92 Å². The van der Waals surface area contributed by atoms with Crippen LogP contribution in [0.4, 0.5) is 11.6 Å². The number of fused-ring (bicyclic) bond motifs is 1. The lowest BCUT2D eigenvalue weighted by Gasteiger charge is -2.11. The number of H-pyrrole nitrogens is 1. The molecule has 0 aliphatic carbocycles. The molecule has 146 valence electrons. The summed E-state index contributed by atoms with van der Waals surface area (Å²) in [7, 11) is 3.15. The zero-order chi connectivity index (χ0) is 20.4. The Labute approximate surface area is 167 Å². The molecule has 29 heavy (non-hydrogen) atoms. The lowest BCUT2D eigenvalue weighted by molar-refractivity contribution is 0.355. The molecule has 2 aromatic carbocycles. The minimum atomic E-state index is -0.275. The molecule has 0 amide bonds. The molecule has 2 N–H and O–H groups in total. The third kappa shape index (κ3) is 3.62. The van der Waals surface area contributed by atoms with Gasteiger partial charge in [0, 0.05) is 11.9 Å². The second-order valence-electron chi connectivity index (χ2n) is 6.53. The van der Waals surface area contributed by atoms with Crippen molar-refractivity contribution >= 4 is 22.7 Å². The van der Waals surface area contributed by atoms with Crippen LogP contribution in [0.1, 0.15) is 5.56 Å². The van der Waals surface area contributed by atoms with E-state index >= 15 is 0 Å². The van der Waals surface area contributed by atoms with Gasteiger partial charge in [0.15, 0.2) is 17.1 Å². The highest BCUT2D eigenvalue weighted by Gasteiger charge is 2.14. The van der Waals surface area contributed by atoms with Crippen LogP contribution in [-0.4, -0.2) is 29.2 Å². The van der Waals surface area contributed by atoms with E-state index < -0.39 is 0 Å². The maximum atomic E-state index is 12.9. The number of aromatic nitrogens is 3. The SMILES string of the molecule is COc1ccc(-c2ccnc3nc(Nc4ccc(C)cc4)[nH]c(=O)c23)cc1OC. The Balaban J connectivity index is 1.79. The molecule has 2 heterocycles. The van der Waals surface area contributed by atoms with Crippen LogP contribution in [0.15, 0.2) is 59.5 Å². The second-order valence-corrected chi connectivity index (χ2v) is 6.53. The number of nitrogens with one attached hydrogen (secondary N) is 2. The first-order valence-corrected chi connectivity index (χ1v) is 9.04. The predicted molar refractivity (Wildman–Crippen MR) is 113 cm³/mol. The van der Waals surface area contributed by atoms with E-state index in [9.17, 15) is 4.79 Å². The smallest absolute Gasteiger partial charge is 0.262 e. The number of rotatable bonds is 5. The van der Waals surface area contributed by atoms with Gasteiger partial charge < -0.3 is 14.8 Å². The summed E-state index contributed by atoms with van der Waals surface area (Å²) in [6.07, 6.45) is 1.64. The van der Waals surface area contributed by atoms with E-state index in [-0.39, 0.29) is 5.56 Å². The first-order valence-electron chi connectivity index (χ1n) is 9.04. The third-order valence-electron chi connectivity index (χ3n) is 4.62. The van der Waals surface area contributed by atoms with Crippen LogP contribution in [-0.2, 0) is 0 Å². The van der Waals surface area contributed by atoms with Gasteiger partial charge in [-0.15, -0.1) is 0 Å². The Kier molecular flexibility index (Phi) is 4.87. The quantitative estimate of drug-likeness (QED) is 0.536. The van der Waals surface area contributed by atoms with Gasteiger partial charge in [0.25, 0.3) is 5.56 Å². The Morgan fingerprint density at radius 1 is 0.966 bits per heavy atom. The highest BCUT2D eigenvalue weighted by molar-refractivity contribution is 5.92. The molecular weight excluding hydrogens is 368 g/mol. The fourth-order valence-corrected chi connectivity index (χ4v) is 3.14. The zero-order valence-electron chi connectivity index (χ0n) is 16.3. The van der Waals surface area contributed by atoms with E-state index in [1.807, 2.05) is 43.3 Å². The molecule has 0 unspecified atom stereocenters. The molecule has 7 heteroatoms. The number of hydrogen-bond donors (Lipinski definition) is 2. The second kappa shape index (κ2) is 7.63. The molecule has 0 radical (unpaired) electrons. The Morgan fingerprint density at radius 2 is 1.72 bits per heavy atom. The number of ether oxygens (including phenoxy) is 2. The average molecular weight is 388 g/mol. The summed E-state index contributed by atoms with van der Waals surface area (Å²) in [5, 5.41) is 3.52. The first-order chi connectivity index (χ1) is 14.1. The number of nitrogens with zero attached hydrogens (tertiary/aromatic N) is 2. The molecule has 2 aromatic heterocycles. The standard InChI is InChI=1S/C22H20N4O3/c1-13-4-7-15(8-5-13)24-22-25-20-19(21(27)26-22)16(10-11-23-20)14-6-9-17(28-2)18(12-14)29-3/h4-12H,1-3H3,(H2,23,24,25,26,27). The van der Waals surface area contributed by atoms with Crippen LogP contribution in [0.3, 0.4) is 0 Å². The summed E-state index contributed by atoms with van der Waals surface area (Å²) < 4.78 is 10.7. The van der Waals surface area contributed by atoms with Crippen molar-refractivity contribution in [3.63, 3.8) is 0 Å². The summed E-state index contributed by atoms with van der Waals surface area (Å²) in [5.41, 5.74) is 3.58. The third-order valence-corrected chi connectivity index (χ3v) is 4.62. The maximum Gasteiger partial charge on any atom is 0.262 e. The minimum absolute atomic E-state index is 0.275. The van der Waals surface area contributed by atoms with Crippen LogP contribution in [0.2, 0.25) is 0 Å². The summed E-state index contributed by atoms with van der Waals surface area (Å²) in [5.74, 6) is 1.53. The molecule has 0 aliphatic heterocycles. The molecule has 0 aliphatic rings. The topological polar surface area (TPSA) is 89.1 Å². The van der Waals surface area contributed by atoms with E-state index in [1.165, 1.54) is 0 Å². The first kappa shape index (κ1) is 18.5. The van der Waals surface area contributed by atoms with E-state index in [0.717, 1.165) is 16.8 Å². The lowest BCUT2D eigenvalue weighted by Crippen LogP contribution is -2.13. The van der Waals surface area contributed by atoms with Gasteiger partial charge in [-0.2, -0.15) is 4.98 Å². The molecule has 0 bridgehead atoms. The van der Waals surface area contributed by atoms with Crippen LogP contribution < -0.4 is 20.3 Å². The molecule has 4 aromatic rings. The summed E-state index contributed by atoms with van der Waals surface area (Å²) >= 11 is 0. The van der Waals surface area contributed by atoms with Gasteiger partial charge in [0.2, 0.25) is 5.95 Å². The monoisotopic (exact) mass is 388 g/mol. The average Bonchev–Trinajstić information content (AvgIpc) is 2.74. The van der Waals surface area contributed by atoms with E-state index in [2.05, 4.69) is 20.3 Å². The summed E-state index contributed by atoms with van der Waals surface area (Å²) in [6, 6.07) is 15.1. The molecule has 0 fully saturated rings. The normalized spacial score (nSPS) is 10.7. The number of methoxy groups -OCH3 is 2. The molecule has 4 rings (SSSR count). The van der Waals surface area contributed by atoms with Crippen molar-refractivity contribution in [1.82, 2.24) is 15.0 Å². The highest BCUT2D eigenvalue weighted by atomic mass is 16.5. The molecule has 0 saturated heterocycles. The summed E-state index contributed by atoms with van der Waals surface area (Å²) in [6.45, 7) is 2.01. The molecule has 0 saturated carbocycles. The van der Waals surface area contributed by atoms with Crippen LogP contribution >= 0.6 is 0 Å². The van der Waals surface area contributed by atoms with Crippen LogP contribution in [0.25, 0.3) is 22.2 Å². The van der Waals surface area contributed by atoms with Crippen molar-refractivity contribution in [3.8, 4) is 22.6 Å². The highest BCUT2D eigenvalue weighted by Crippen LogP contribution is 2.34. The molecule has 7 nitrogen and oxygen atoms in total. The van der Waals surface area contributed by atoms with Gasteiger partial charge in [-0.05, 0) is 48.4 Å². The van der Waals surface area contributed by atoms with Gasteiger partial charge in [0.05, 0.1) is 19.6 Å². The molecular formula is C22H20N4O3. The number of pyridine rings is 1. The number of anilines is 2. The van der Waals surface area contributed by atoms with Crippen molar-refractivity contribution in [1.29, 1.82) is 0 Å². The fourth-order valence-electron chi connectivity index (χ4n) is 3.14. The van der Waals surface area contributed by atoms with Crippen molar-refractivity contribution < 1.29 is 9.47 Å². The Bertz CT molecular complexity index is 1230. The molecule has 0 atom stereocenters. The van der Waals surface area contributed by atoms with E-state index in [0.29, 0.717) is 34.0 Å². The van der Waals surface area contributed by atoms with Crippen molar-refractivity contribution in [2.24, 2.45) is 0 Å². The predicted octanol–water partition coefficient (Wildman–Crippen LogP) is 4.05. The largest absolute Gasteiger partial charge is 0.493 e. The van der Waals surface area contributed by atoms with Crippen molar-refractivity contribution in [2.45, 2.75) is 6.92 Å². The van der Waals surface area contributed by atoms with E-state index in [1.54, 1.807) is 32.5 Å². The summed E-state index contributed by atoms with van der Waals surface area (Å²) in [4.78, 5) is 24.5. The lowest BCUT2D eigenvalue weighted by atomic mass is 10.0. The van der Waals surface area contributed by atoms with Gasteiger partial charge >= 0.3 is 0 Å². The zero-order valence-corrected chi connectivity index (χ0v) is 16.3. The minimum Gasteiger partial charge on any atom is -0.493 e. The number of benzene rings is 2. The maximum absolute atomic E-state index is 12.9. The number of aromatic amines is 1. The van der Waals surface area contributed by atoms with Crippen molar-refractivity contribution in [2.75, 3.05) is 19.5 Å². The number of hydrogen-bond acceptors (Lipinski definition) is 6. The molecule has 0 spiro atoms. The van der Waals surface area contributed by atoms with Gasteiger partial charge in [-0.25, -0.2) is 4.98 Å². The van der Waals surface area contributed by atoms with Gasteiger partial charge in [0.1, 0.15) is 0 Å².